The van der Waals surface area contributed by atoms with Crippen LogP contribution < -0.4 is 10.6 Å². The molecule has 3 N–H and O–H groups in total. The number of nitrogens with two attached hydrogens (primary N) is 1. The second-order valence-electron chi connectivity index (χ2n) is 3.92. The van der Waals surface area contributed by atoms with E-state index in [2.05, 4.69) is 6.58 Å². The molecule has 0 bridgehead atoms. The highest BCUT2D eigenvalue weighted by Crippen LogP contribution is 2.28. The molecule has 0 fully saturated rings. The molecular weight excluding hydrogens is 219 g/mol. The number of rotatable bonds is 6. The molecule has 1 aromatic rings. The lowest BCUT2D eigenvalue weighted by Gasteiger charge is -2.26. The fourth-order valence-electron chi connectivity index (χ4n) is 1.80. The largest absolute Gasteiger partial charge is 0.395 e. The van der Waals surface area contributed by atoms with E-state index in [1.54, 1.807) is 23.1 Å². The number of anilines is 1. The maximum absolute atomic E-state index is 13.9. The summed E-state index contributed by atoms with van der Waals surface area (Å²) in [6.07, 6.45) is 1.67. The van der Waals surface area contributed by atoms with E-state index in [4.69, 9.17) is 10.8 Å². The topological polar surface area (TPSA) is 49.5 Å². The normalized spacial score (nSPS) is 12.2. The maximum Gasteiger partial charge on any atom is 0.146 e. The van der Waals surface area contributed by atoms with Crippen molar-refractivity contribution in [2.24, 2.45) is 5.73 Å². The first kappa shape index (κ1) is 13.7. The molecule has 94 valence electrons. The number of para-hydroxylation sites is 1. The van der Waals surface area contributed by atoms with Crippen LogP contribution in [-0.2, 0) is 0 Å². The Balaban J connectivity index is 3.19. The van der Waals surface area contributed by atoms with Crippen molar-refractivity contribution in [2.45, 2.75) is 13.0 Å². The molecule has 0 aromatic heterocycles. The van der Waals surface area contributed by atoms with Crippen LogP contribution in [-0.4, -0.2) is 24.8 Å². The van der Waals surface area contributed by atoms with Crippen molar-refractivity contribution in [1.29, 1.82) is 0 Å². The average Bonchev–Trinajstić information content (AvgIpc) is 2.28. The number of benzene rings is 1. The van der Waals surface area contributed by atoms with Crippen molar-refractivity contribution in [3.05, 3.63) is 42.2 Å². The summed E-state index contributed by atoms with van der Waals surface area (Å²) in [5.74, 6) is -0.324. The monoisotopic (exact) mass is 238 g/mol. The molecule has 0 saturated carbocycles. The Kier molecular flexibility index (Phi) is 5.12. The van der Waals surface area contributed by atoms with Gasteiger partial charge < -0.3 is 15.7 Å². The van der Waals surface area contributed by atoms with Gasteiger partial charge in [-0.3, -0.25) is 0 Å². The lowest BCUT2D eigenvalue weighted by Crippen LogP contribution is -2.29. The molecule has 0 aliphatic carbocycles. The molecule has 0 amide bonds. The first-order valence-electron chi connectivity index (χ1n) is 5.62. The summed E-state index contributed by atoms with van der Waals surface area (Å²) in [6, 6.07) is 4.58. The lowest BCUT2D eigenvalue weighted by atomic mass is 10.1. The zero-order valence-corrected chi connectivity index (χ0v) is 10.1. The van der Waals surface area contributed by atoms with E-state index in [1.165, 1.54) is 6.07 Å². The molecule has 0 spiro atoms. The quantitative estimate of drug-likeness (QED) is 0.743. The number of nitrogens with zero attached hydrogens (tertiary/aromatic N) is 1. The van der Waals surface area contributed by atoms with Gasteiger partial charge in [0.2, 0.25) is 0 Å². The summed E-state index contributed by atoms with van der Waals surface area (Å²) in [7, 11) is 0. The van der Waals surface area contributed by atoms with E-state index in [-0.39, 0.29) is 18.5 Å². The third-order valence-electron chi connectivity index (χ3n) is 2.54. The Bertz CT molecular complexity index is 380. The zero-order chi connectivity index (χ0) is 12.8. The van der Waals surface area contributed by atoms with Crippen molar-refractivity contribution >= 4 is 5.69 Å². The second kappa shape index (κ2) is 6.37. The van der Waals surface area contributed by atoms with Crippen LogP contribution in [0.5, 0.6) is 0 Å². The summed E-state index contributed by atoms with van der Waals surface area (Å²) in [6.45, 7) is 6.23. The van der Waals surface area contributed by atoms with Crippen molar-refractivity contribution < 1.29 is 9.50 Å². The van der Waals surface area contributed by atoms with Crippen molar-refractivity contribution in [3.8, 4) is 0 Å². The van der Waals surface area contributed by atoms with Crippen LogP contribution in [0.25, 0.3) is 0 Å². The van der Waals surface area contributed by atoms with Crippen LogP contribution in [0.1, 0.15) is 18.5 Å². The van der Waals surface area contributed by atoms with Crippen LogP contribution in [0.4, 0.5) is 10.1 Å². The Morgan fingerprint density at radius 1 is 1.59 bits per heavy atom. The van der Waals surface area contributed by atoms with E-state index in [0.717, 1.165) is 5.56 Å². The molecule has 3 nitrogen and oxygen atoms in total. The molecule has 1 aromatic carbocycles. The minimum absolute atomic E-state index is 0.0411. The molecule has 0 aliphatic rings. The SMILES string of the molecule is C=CCN(CCO)c1c(F)cccc1C(C)N. The summed E-state index contributed by atoms with van der Waals surface area (Å²) in [5.41, 5.74) is 7.02. The van der Waals surface area contributed by atoms with Crippen molar-refractivity contribution in [2.75, 3.05) is 24.6 Å². The molecule has 1 unspecified atom stereocenters. The van der Waals surface area contributed by atoms with E-state index >= 15 is 0 Å². The minimum atomic E-state index is -0.324. The number of halogens is 1. The predicted molar refractivity (Wildman–Crippen MR) is 68.5 cm³/mol. The number of aliphatic hydroxyl groups excluding tert-OH is 1. The van der Waals surface area contributed by atoms with Gasteiger partial charge in [-0.1, -0.05) is 18.2 Å². The van der Waals surface area contributed by atoms with Gasteiger partial charge in [0, 0.05) is 19.1 Å². The van der Waals surface area contributed by atoms with Crippen molar-refractivity contribution in [3.63, 3.8) is 0 Å². The van der Waals surface area contributed by atoms with Gasteiger partial charge in [-0.05, 0) is 18.6 Å². The smallest absolute Gasteiger partial charge is 0.146 e. The molecule has 0 aliphatic heterocycles. The molecule has 1 rings (SSSR count). The summed E-state index contributed by atoms with van der Waals surface area (Å²) in [5, 5.41) is 9.02. The van der Waals surface area contributed by atoms with E-state index in [1.807, 2.05) is 6.92 Å². The summed E-state index contributed by atoms with van der Waals surface area (Å²) in [4.78, 5) is 1.74. The van der Waals surface area contributed by atoms with Gasteiger partial charge in [-0.25, -0.2) is 4.39 Å². The summed E-state index contributed by atoms with van der Waals surface area (Å²) < 4.78 is 13.9. The van der Waals surface area contributed by atoms with Gasteiger partial charge in [0.05, 0.1) is 12.3 Å². The van der Waals surface area contributed by atoms with Gasteiger partial charge in [0.15, 0.2) is 0 Å². The lowest BCUT2D eigenvalue weighted by molar-refractivity contribution is 0.302. The van der Waals surface area contributed by atoms with Crippen molar-refractivity contribution in [1.82, 2.24) is 0 Å². The number of hydrogen-bond acceptors (Lipinski definition) is 3. The van der Waals surface area contributed by atoms with Crippen LogP contribution in [0.2, 0.25) is 0 Å². The van der Waals surface area contributed by atoms with Gasteiger partial charge in [-0.2, -0.15) is 0 Å². The highest BCUT2D eigenvalue weighted by molar-refractivity contribution is 5.56. The highest BCUT2D eigenvalue weighted by atomic mass is 19.1. The van der Waals surface area contributed by atoms with Crippen LogP contribution in [0.3, 0.4) is 0 Å². The Morgan fingerprint density at radius 2 is 2.29 bits per heavy atom. The van der Waals surface area contributed by atoms with E-state index in [0.29, 0.717) is 18.8 Å². The Labute approximate surface area is 101 Å². The predicted octanol–water partition coefficient (Wildman–Crippen LogP) is 1.83. The van der Waals surface area contributed by atoms with Crippen LogP contribution in [0, 0.1) is 5.82 Å². The zero-order valence-electron chi connectivity index (χ0n) is 10.1. The molecule has 0 radical (unpaired) electrons. The average molecular weight is 238 g/mol. The number of aliphatic hydroxyl groups is 1. The van der Waals surface area contributed by atoms with Gasteiger partial charge in [0.1, 0.15) is 5.82 Å². The molecule has 0 heterocycles. The standard InChI is InChI=1S/C13H19FN2O/c1-3-7-16(8-9-17)13-11(10(2)15)5-4-6-12(13)14/h3-6,10,17H,1,7-9,15H2,2H3. The van der Waals surface area contributed by atoms with E-state index in [9.17, 15) is 4.39 Å². The Hall–Kier alpha value is -1.39. The fourth-order valence-corrected chi connectivity index (χ4v) is 1.80. The fraction of sp³-hybridized carbons (Fsp3) is 0.385. The third-order valence-corrected chi connectivity index (χ3v) is 2.54. The molecular formula is C13H19FN2O. The van der Waals surface area contributed by atoms with Gasteiger partial charge in [0.25, 0.3) is 0 Å². The first-order chi connectivity index (χ1) is 8.11. The molecule has 1 atom stereocenters. The maximum atomic E-state index is 13.9. The van der Waals surface area contributed by atoms with Gasteiger partial charge in [-0.15, -0.1) is 6.58 Å². The van der Waals surface area contributed by atoms with Gasteiger partial charge >= 0.3 is 0 Å². The summed E-state index contributed by atoms with van der Waals surface area (Å²) >= 11 is 0. The highest BCUT2D eigenvalue weighted by Gasteiger charge is 2.16. The van der Waals surface area contributed by atoms with E-state index < -0.39 is 0 Å². The third kappa shape index (κ3) is 3.28. The molecule has 0 saturated heterocycles. The van der Waals surface area contributed by atoms with Crippen LogP contribution in [0.15, 0.2) is 30.9 Å². The minimum Gasteiger partial charge on any atom is -0.395 e. The van der Waals surface area contributed by atoms with Crippen LogP contribution >= 0.6 is 0 Å². The first-order valence-corrected chi connectivity index (χ1v) is 5.62. The Morgan fingerprint density at radius 3 is 2.82 bits per heavy atom. The molecule has 4 heteroatoms. The number of hydrogen-bond donors (Lipinski definition) is 2. The second-order valence-corrected chi connectivity index (χ2v) is 3.92. The molecule has 17 heavy (non-hydrogen) atoms.